The van der Waals surface area contributed by atoms with E-state index in [0.29, 0.717) is 6.61 Å². The van der Waals surface area contributed by atoms with Gasteiger partial charge in [-0.1, -0.05) is 59.6 Å². The summed E-state index contributed by atoms with van der Waals surface area (Å²) in [5.41, 5.74) is 9.90. The number of nitrogens with two attached hydrogens (primary N) is 1. The van der Waals surface area contributed by atoms with Gasteiger partial charge in [0.15, 0.2) is 0 Å². The number of nitrogens with zero attached hydrogens (tertiary/aromatic N) is 1. The molecule has 100 valence electrons. The molecule has 0 saturated heterocycles. The van der Waals surface area contributed by atoms with E-state index in [2.05, 4.69) is 56.2 Å². The lowest BCUT2D eigenvalue weighted by molar-refractivity contribution is 0.278. The van der Waals surface area contributed by atoms with Crippen molar-refractivity contribution in [3.05, 3.63) is 65.2 Å². The lowest BCUT2D eigenvalue weighted by Gasteiger charge is -2.26. The molecule has 0 radical (unpaired) electrons. The zero-order chi connectivity index (χ0) is 14.2. The second-order valence-corrected chi connectivity index (χ2v) is 5.34. The Hall–Kier alpha value is -2.23. The summed E-state index contributed by atoms with van der Waals surface area (Å²) >= 11 is 0. The van der Waals surface area contributed by atoms with Gasteiger partial charge in [0.05, 0.1) is 0 Å². The lowest BCUT2D eigenvalue weighted by Crippen LogP contribution is -2.28. The largest absolute Gasteiger partial charge is 0.462 e. The first-order valence-corrected chi connectivity index (χ1v) is 6.72. The van der Waals surface area contributed by atoms with Crippen molar-refractivity contribution in [1.29, 1.82) is 0 Å². The molecule has 1 heterocycles. The maximum absolute atomic E-state index is 5.79. The molecule has 4 heteroatoms. The van der Waals surface area contributed by atoms with Gasteiger partial charge >= 0.3 is 0 Å². The van der Waals surface area contributed by atoms with Crippen molar-refractivity contribution in [2.24, 2.45) is 10.7 Å². The number of hydrogen-bond donors (Lipinski definition) is 1. The molecule has 1 unspecified atom stereocenters. The van der Waals surface area contributed by atoms with Crippen LogP contribution in [0.15, 0.2) is 53.5 Å². The Morgan fingerprint density at radius 1 is 1.15 bits per heavy atom. The van der Waals surface area contributed by atoms with Gasteiger partial charge in [0.25, 0.3) is 6.02 Å². The van der Waals surface area contributed by atoms with Crippen LogP contribution in [-0.4, -0.2) is 20.5 Å². The summed E-state index contributed by atoms with van der Waals surface area (Å²) in [7, 11) is 2.08. The third-order valence-corrected chi connectivity index (χ3v) is 3.72. The molecule has 3 nitrogen and oxygen atoms in total. The highest BCUT2D eigenvalue weighted by atomic mass is 16.5. The summed E-state index contributed by atoms with van der Waals surface area (Å²) in [6.45, 7) is 2.53. The first-order chi connectivity index (χ1) is 9.60. The molecule has 0 fully saturated rings. The van der Waals surface area contributed by atoms with Crippen molar-refractivity contribution in [1.82, 2.24) is 0 Å². The molecular weight excluding hydrogens is 247 g/mol. The quantitative estimate of drug-likeness (QED) is 0.817. The third kappa shape index (κ3) is 2.07. The lowest BCUT2D eigenvalue weighted by atomic mass is 9.81. The fraction of sp³-hybridized carbons (Fsp3) is 0.188. The second kappa shape index (κ2) is 4.71. The highest BCUT2D eigenvalue weighted by molar-refractivity contribution is 6.32. The van der Waals surface area contributed by atoms with Gasteiger partial charge < -0.3 is 10.5 Å². The van der Waals surface area contributed by atoms with Gasteiger partial charge in [-0.25, -0.2) is 4.99 Å². The van der Waals surface area contributed by atoms with Crippen molar-refractivity contribution < 1.29 is 4.74 Å². The Labute approximate surface area is 119 Å². The van der Waals surface area contributed by atoms with Crippen molar-refractivity contribution >= 4 is 19.3 Å². The summed E-state index contributed by atoms with van der Waals surface area (Å²) in [4.78, 5) is 4.61. The molecule has 3 rings (SSSR count). The van der Waals surface area contributed by atoms with Crippen molar-refractivity contribution in [3.63, 3.8) is 0 Å². The fourth-order valence-corrected chi connectivity index (χ4v) is 2.70. The first kappa shape index (κ1) is 12.8. The topological polar surface area (TPSA) is 47.6 Å². The van der Waals surface area contributed by atoms with Crippen molar-refractivity contribution in [2.75, 3.05) is 6.61 Å². The summed E-state index contributed by atoms with van der Waals surface area (Å²) in [6.07, 6.45) is 0. The van der Waals surface area contributed by atoms with Crippen LogP contribution >= 0.6 is 0 Å². The van der Waals surface area contributed by atoms with E-state index in [-0.39, 0.29) is 6.02 Å². The number of amidine groups is 1. The smallest absolute Gasteiger partial charge is 0.283 e. The number of hydrogen-bond acceptors (Lipinski definition) is 3. The van der Waals surface area contributed by atoms with Crippen LogP contribution in [0.5, 0.6) is 0 Å². The highest BCUT2D eigenvalue weighted by Gasteiger charge is 2.39. The Morgan fingerprint density at radius 3 is 2.45 bits per heavy atom. The van der Waals surface area contributed by atoms with Crippen LogP contribution in [0.1, 0.15) is 16.7 Å². The Morgan fingerprint density at radius 2 is 1.85 bits per heavy atom. The zero-order valence-corrected chi connectivity index (χ0v) is 11.8. The van der Waals surface area contributed by atoms with E-state index in [4.69, 9.17) is 10.5 Å². The molecule has 2 aromatic rings. The van der Waals surface area contributed by atoms with Gasteiger partial charge in [0.2, 0.25) is 0 Å². The van der Waals surface area contributed by atoms with Gasteiger partial charge in [-0.3, -0.25) is 0 Å². The van der Waals surface area contributed by atoms with E-state index in [1.807, 2.05) is 12.1 Å². The van der Waals surface area contributed by atoms with Gasteiger partial charge in [-0.2, -0.15) is 0 Å². The normalized spacial score (nSPS) is 21.4. The van der Waals surface area contributed by atoms with E-state index < -0.39 is 5.54 Å². The molecule has 1 aliphatic heterocycles. The molecule has 1 atom stereocenters. The van der Waals surface area contributed by atoms with Gasteiger partial charge in [0, 0.05) is 0 Å². The standard InChI is InChI=1S/C16H17BN2O/c1-11-4-2-5-12(8-11)16(10-20-15(18)19-16)13-6-3-7-14(17)9-13/h2-9H,10,17H2,1H3,(H2,18,19). The predicted octanol–water partition coefficient (Wildman–Crippen LogP) is 0.842. The van der Waals surface area contributed by atoms with Crippen molar-refractivity contribution in [2.45, 2.75) is 12.5 Å². The number of aryl methyl sites for hydroxylation is 1. The van der Waals surface area contributed by atoms with Crippen LogP contribution in [0.3, 0.4) is 0 Å². The second-order valence-electron chi connectivity index (χ2n) is 5.34. The van der Waals surface area contributed by atoms with Crippen molar-refractivity contribution in [3.8, 4) is 0 Å². The Bertz CT molecular complexity index is 636. The molecule has 0 bridgehead atoms. The number of rotatable bonds is 2. The first-order valence-electron chi connectivity index (χ1n) is 6.72. The van der Waals surface area contributed by atoms with E-state index in [0.717, 1.165) is 11.1 Å². The molecule has 0 amide bonds. The molecule has 0 spiro atoms. The molecule has 20 heavy (non-hydrogen) atoms. The molecule has 1 aliphatic rings. The Kier molecular flexibility index (Phi) is 3.01. The van der Waals surface area contributed by atoms with Crippen LogP contribution in [-0.2, 0) is 10.3 Å². The Balaban J connectivity index is 2.21. The van der Waals surface area contributed by atoms with Crippen LogP contribution in [0, 0.1) is 6.92 Å². The van der Waals surface area contributed by atoms with Gasteiger partial charge in [-0.15, -0.1) is 0 Å². The average Bonchev–Trinajstić information content (AvgIpc) is 2.82. The van der Waals surface area contributed by atoms with Crippen LogP contribution < -0.4 is 11.2 Å². The van der Waals surface area contributed by atoms with E-state index in [1.54, 1.807) is 0 Å². The van der Waals surface area contributed by atoms with Gasteiger partial charge in [-0.05, 0) is 18.1 Å². The molecule has 0 saturated carbocycles. The zero-order valence-electron chi connectivity index (χ0n) is 11.8. The number of benzene rings is 2. The van der Waals surface area contributed by atoms with Gasteiger partial charge in [0.1, 0.15) is 20.0 Å². The van der Waals surface area contributed by atoms with E-state index in [9.17, 15) is 0 Å². The van der Waals surface area contributed by atoms with Crippen LogP contribution in [0.25, 0.3) is 0 Å². The minimum absolute atomic E-state index is 0.257. The maximum Gasteiger partial charge on any atom is 0.283 e. The molecule has 0 aliphatic carbocycles. The molecule has 0 aromatic heterocycles. The monoisotopic (exact) mass is 264 g/mol. The summed E-state index contributed by atoms with van der Waals surface area (Å²) in [6, 6.07) is 17.0. The third-order valence-electron chi connectivity index (χ3n) is 3.72. The average molecular weight is 264 g/mol. The SMILES string of the molecule is Bc1cccc(C2(c3cccc(C)c3)COC(N)=N2)c1. The molecular formula is C16H17BN2O. The fourth-order valence-electron chi connectivity index (χ4n) is 2.70. The maximum atomic E-state index is 5.79. The summed E-state index contributed by atoms with van der Waals surface area (Å²) in [5, 5.41) is 0. The predicted molar refractivity (Wildman–Crippen MR) is 84.2 cm³/mol. The van der Waals surface area contributed by atoms with Crippen LogP contribution in [0.4, 0.5) is 0 Å². The summed E-state index contributed by atoms with van der Waals surface area (Å²) in [5.74, 6) is 0. The van der Waals surface area contributed by atoms with Crippen LogP contribution in [0.2, 0.25) is 0 Å². The minimum Gasteiger partial charge on any atom is -0.462 e. The molecule has 2 N–H and O–H groups in total. The van der Waals surface area contributed by atoms with E-state index >= 15 is 0 Å². The number of ether oxygens (including phenoxy) is 1. The number of aliphatic imine (C=N–C) groups is 1. The summed E-state index contributed by atoms with van der Waals surface area (Å²) < 4.78 is 5.49. The van der Waals surface area contributed by atoms with E-state index in [1.165, 1.54) is 11.0 Å². The minimum atomic E-state index is -0.526. The highest BCUT2D eigenvalue weighted by Crippen LogP contribution is 2.37. The molecule has 2 aromatic carbocycles.